The molecule has 0 aliphatic heterocycles. The first-order valence-corrected chi connectivity index (χ1v) is 3.99. The van der Waals surface area contributed by atoms with E-state index in [-0.39, 0.29) is 6.73 Å². The molecule has 0 radical (unpaired) electrons. The minimum Gasteiger partial charge on any atom is -0.480 e. The summed E-state index contributed by atoms with van der Waals surface area (Å²) in [5.74, 6) is -0.930. The zero-order valence-electron chi connectivity index (χ0n) is 6.99. The number of unbranched alkanes of at least 4 members (excludes halogenated alkanes) is 1. The Morgan fingerprint density at radius 2 is 2.17 bits per heavy atom. The average Bonchev–Trinajstić information content (AvgIpc) is 2.03. The molecule has 0 amide bonds. The number of nitrogens with two attached hydrogens (primary N) is 1. The lowest BCUT2D eigenvalue weighted by Crippen LogP contribution is -2.37. The van der Waals surface area contributed by atoms with Crippen LogP contribution >= 0.6 is 0 Å². The molecule has 0 unspecified atom stereocenters. The number of carboxylic acid groups (broad SMARTS) is 1. The first-order valence-electron chi connectivity index (χ1n) is 3.99. The molecule has 0 aromatic heterocycles. The summed E-state index contributed by atoms with van der Waals surface area (Å²) < 4.78 is 0. The molecular formula is C7H16N2O3. The molecule has 0 aromatic carbocycles. The molecule has 12 heavy (non-hydrogen) atoms. The molecule has 0 bridgehead atoms. The van der Waals surface area contributed by atoms with Crippen molar-refractivity contribution < 1.29 is 15.0 Å². The van der Waals surface area contributed by atoms with Crippen molar-refractivity contribution in [3.8, 4) is 0 Å². The summed E-state index contributed by atoms with van der Waals surface area (Å²) >= 11 is 0. The number of aliphatic carboxylic acids is 1. The van der Waals surface area contributed by atoms with Gasteiger partial charge in [-0.3, -0.25) is 10.1 Å². The van der Waals surface area contributed by atoms with Crippen molar-refractivity contribution in [3.63, 3.8) is 0 Å². The average molecular weight is 176 g/mol. The molecule has 72 valence electrons. The van der Waals surface area contributed by atoms with Gasteiger partial charge in [-0.2, -0.15) is 0 Å². The lowest BCUT2D eigenvalue weighted by molar-refractivity contribution is -0.140. The first-order chi connectivity index (χ1) is 5.72. The van der Waals surface area contributed by atoms with Crippen molar-refractivity contribution >= 4 is 5.97 Å². The standard InChI is InChI=1S/C7H16N2O3/c8-4-2-1-3-6(7(11)12)9-5-10/h6,9-10H,1-5,8H2,(H,11,12)/t6-/m0/s1. The highest BCUT2D eigenvalue weighted by atomic mass is 16.4. The Morgan fingerprint density at radius 3 is 2.58 bits per heavy atom. The number of aliphatic hydroxyl groups is 1. The van der Waals surface area contributed by atoms with Crippen LogP contribution < -0.4 is 11.1 Å². The number of aliphatic hydroxyl groups excluding tert-OH is 1. The minimum absolute atomic E-state index is 0.306. The number of hydrogen-bond acceptors (Lipinski definition) is 4. The fourth-order valence-corrected chi connectivity index (χ4v) is 0.916. The summed E-state index contributed by atoms with van der Waals surface area (Å²) in [5.41, 5.74) is 5.25. The molecule has 0 heterocycles. The van der Waals surface area contributed by atoms with Crippen LogP contribution in [0, 0.1) is 0 Å². The molecular weight excluding hydrogens is 160 g/mol. The van der Waals surface area contributed by atoms with Gasteiger partial charge in [0, 0.05) is 0 Å². The maximum absolute atomic E-state index is 10.5. The fourth-order valence-electron chi connectivity index (χ4n) is 0.916. The van der Waals surface area contributed by atoms with Crippen LogP contribution in [0.1, 0.15) is 19.3 Å². The lowest BCUT2D eigenvalue weighted by atomic mass is 10.1. The smallest absolute Gasteiger partial charge is 0.320 e. The van der Waals surface area contributed by atoms with Crippen LogP contribution in [0.15, 0.2) is 0 Å². The van der Waals surface area contributed by atoms with Crippen molar-refractivity contribution in [2.75, 3.05) is 13.3 Å². The SMILES string of the molecule is NCCCC[C@H](NCO)C(=O)O. The molecule has 5 nitrogen and oxygen atoms in total. The largest absolute Gasteiger partial charge is 0.480 e. The molecule has 5 N–H and O–H groups in total. The van der Waals surface area contributed by atoms with Gasteiger partial charge in [0.1, 0.15) is 6.04 Å². The number of hydrogen-bond donors (Lipinski definition) is 4. The topological polar surface area (TPSA) is 95.6 Å². The van der Waals surface area contributed by atoms with Gasteiger partial charge in [-0.1, -0.05) is 6.42 Å². The van der Waals surface area contributed by atoms with Crippen molar-refractivity contribution in [1.82, 2.24) is 5.32 Å². The second-order valence-electron chi connectivity index (χ2n) is 2.54. The summed E-state index contributed by atoms with van der Waals surface area (Å²) in [6.07, 6.45) is 2.09. The maximum atomic E-state index is 10.5. The molecule has 5 heteroatoms. The van der Waals surface area contributed by atoms with Crippen molar-refractivity contribution in [2.24, 2.45) is 5.73 Å². The van der Waals surface area contributed by atoms with Crippen molar-refractivity contribution in [1.29, 1.82) is 0 Å². The van der Waals surface area contributed by atoms with Crippen LogP contribution in [-0.2, 0) is 4.79 Å². The highest BCUT2D eigenvalue weighted by molar-refractivity contribution is 5.73. The second kappa shape index (κ2) is 7.02. The van der Waals surface area contributed by atoms with Crippen molar-refractivity contribution in [2.45, 2.75) is 25.3 Å². The van der Waals surface area contributed by atoms with Gasteiger partial charge < -0.3 is 15.9 Å². The number of rotatable bonds is 7. The van der Waals surface area contributed by atoms with E-state index < -0.39 is 12.0 Å². The summed E-state index contributed by atoms with van der Waals surface area (Å²) in [5, 5.41) is 19.5. The summed E-state index contributed by atoms with van der Waals surface area (Å²) in [6, 6.07) is -0.651. The van der Waals surface area contributed by atoms with Gasteiger partial charge in [-0.25, -0.2) is 0 Å². The predicted molar refractivity (Wildman–Crippen MR) is 44.6 cm³/mol. The van der Waals surface area contributed by atoms with E-state index in [0.29, 0.717) is 13.0 Å². The molecule has 0 spiro atoms. The highest BCUT2D eigenvalue weighted by Gasteiger charge is 2.14. The second-order valence-corrected chi connectivity index (χ2v) is 2.54. The summed E-state index contributed by atoms with van der Waals surface area (Å²) in [4.78, 5) is 10.5. The van der Waals surface area contributed by atoms with E-state index in [1.807, 2.05) is 0 Å². The lowest BCUT2D eigenvalue weighted by Gasteiger charge is -2.11. The molecule has 0 fully saturated rings. The van der Waals surface area contributed by atoms with Crippen molar-refractivity contribution in [3.05, 3.63) is 0 Å². The molecule has 0 aromatic rings. The van der Waals surface area contributed by atoms with Gasteiger partial charge in [-0.15, -0.1) is 0 Å². The van der Waals surface area contributed by atoms with Gasteiger partial charge in [-0.05, 0) is 19.4 Å². The zero-order chi connectivity index (χ0) is 9.40. The van der Waals surface area contributed by atoms with Gasteiger partial charge in [0.2, 0.25) is 0 Å². The molecule has 0 saturated carbocycles. The van der Waals surface area contributed by atoms with Gasteiger partial charge in [0.25, 0.3) is 0 Å². The third-order valence-electron chi connectivity index (χ3n) is 1.58. The van der Waals surface area contributed by atoms with Crippen LogP contribution in [-0.4, -0.2) is 35.5 Å². The van der Waals surface area contributed by atoms with E-state index in [9.17, 15) is 4.79 Å². The molecule has 0 aliphatic rings. The van der Waals surface area contributed by atoms with Crippen LogP contribution in [0.3, 0.4) is 0 Å². The van der Waals surface area contributed by atoms with E-state index in [1.54, 1.807) is 0 Å². The van der Waals surface area contributed by atoms with Gasteiger partial charge >= 0.3 is 5.97 Å². The van der Waals surface area contributed by atoms with Gasteiger partial charge in [0.05, 0.1) is 6.73 Å². The Bertz CT molecular complexity index is 130. The quantitative estimate of drug-likeness (QED) is 0.298. The maximum Gasteiger partial charge on any atom is 0.320 e. The predicted octanol–water partition coefficient (Wildman–Crippen LogP) is -0.892. The monoisotopic (exact) mass is 176 g/mol. The summed E-state index contributed by atoms with van der Waals surface area (Å²) in [6.45, 7) is 0.269. The first kappa shape index (κ1) is 11.4. The Labute approximate surface area is 71.6 Å². The molecule has 0 rings (SSSR count). The normalized spacial score (nSPS) is 12.8. The molecule has 0 aliphatic carbocycles. The minimum atomic E-state index is -0.930. The fraction of sp³-hybridized carbons (Fsp3) is 0.857. The van der Waals surface area contributed by atoms with Crippen LogP contribution in [0.4, 0.5) is 0 Å². The van der Waals surface area contributed by atoms with E-state index in [0.717, 1.165) is 12.8 Å². The van der Waals surface area contributed by atoms with Crippen LogP contribution in [0.25, 0.3) is 0 Å². The van der Waals surface area contributed by atoms with E-state index >= 15 is 0 Å². The summed E-state index contributed by atoms with van der Waals surface area (Å²) in [7, 11) is 0. The Kier molecular flexibility index (Phi) is 6.64. The van der Waals surface area contributed by atoms with Gasteiger partial charge in [0.15, 0.2) is 0 Å². The van der Waals surface area contributed by atoms with Crippen LogP contribution in [0.5, 0.6) is 0 Å². The third kappa shape index (κ3) is 5.06. The van der Waals surface area contributed by atoms with E-state index in [2.05, 4.69) is 5.32 Å². The molecule has 0 saturated heterocycles. The highest BCUT2D eigenvalue weighted by Crippen LogP contribution is 1.99. The third-order valence-corrected chi connectivity index (χ3v) is 1.58. The van der Waals surface area contributed by atoms with E-state index in [4.69, 9.17) is 15.9 Å². The number of carboxylic acids is 1. The Hall–Kier alpha value is -0.650. The Balaban J connectivity index is 3.56. The number of nitrogens with one attached hydrogen (secondary N) is 1. The molecule has 1 atom stereocenters. The van der Waals surface area contributed by atoms with Crippen LogP contribution in [0.2, 0.25) is 0 Å². The zero-order valence-corrected chi connectivity index (χ0v) is 6.99. The number of carbonyl (C=O) groups is 1. The Morgan fingerprint density at radius 1 is 1.50 bits per heavy atom. The van der Waals surface area contributed by atoms with E-state index in [1.165, 1.54) is 0 Å².